The number of methoxy groups -OCH3 is 1. The van der Waals surface area contributed by atoms with Gasteiger partial charge in [0.1, 0.15) is 5.75 Å². The first-order valence-electron chi connectivity index (χ1n) is 7.18. The smallest absolute Gasteiger partial charge is 0.126 e. The molecule has 1 aromatic rings. The van der Waals surface area contributed by atoms with E-state index in [0.29, 0.717) is 4.75 Å². The quantitative estimate of drug-likeness (QED) is 0.925. The number of aliphatic hydroxyl groups is 1. The van der Waals surface area contributed by atoms with Crippen molar-refractivity contribution in [2.75, 3.05) is 30.9 Å². The molecule has 2 rings (SSSR count). The lowest BCUT2D eigenvalue weighted by molar-refractivity contribution is 0.194. The van der Waals surface area contributed by atoms with Crippen LogP contribution in [0.25, 0.3) is 0 Å². The van der Waals surface area contributed by atoms with Crippen molar-refractivity contribution in [2.24, 2.45) is 0 Å². The molecule has 1 saturated heterocycles. The highest BCUT2D eigenvalue weighted by Gasteiger charge is 2.26. The summed E-state index contributed by atoms with van der Waals surface area (Å²) in [6, 6.07) is 6.01. The van der Waals surface area contributed by atoms with Crippen LogP contribution < -0.4 is 9.64 Å². The molecule has 0 amide bonds. The summed E-state index contributed by atoms with van der Waals surface area (Å²) in [6.07, 6.45) is 0.624. The number of benzene rings is 1. The fraction of sp³-hybridized carbons (Fsp3) is 0.625. The largest absolute Gasteiger partial charge is 0.496 e. The molecule has 0 radical (unpaired) electrons. The highest BCUT2D eigenvalue weighted by molar-refractivity contribution is 8.00. The average molecular weight is 295 g/mol. The zero-order valence-corrected chi connectivity index (χ0v) is 13.7. The second-order valence-electron chi connectivity index (χ2n) is 5.91. The Hall–Kier alpha value is -0.870. The second-order valence-corrected chi connectivity index (χ2v) is 7.72. The maximum Gasteiger partial charge on any atom is 0.126 e. The maximum absolute atomic E-state index is 10.1. The van der Waals surface area contributed by atoms with Crippen molar-refractivity contribution in [2.45, 2.75) is 38.0 Å². The van der Waals surface area contributed by atoms with Crippen molar-refractivity contribution in [3.05, 3.63) is 23.8 Å². The summed E-state index contributed by atoms with van der Waals surface area (Å²) in [5, 5.41) is 10.1. The maximum atomic E-state index is 10.1. The number of anilines is 1. The molecule has 1 aliphatic rings. The molecule has 1 N–H and O–H groups in total. The van der Waals surface area contributed by atoms with Crippen molar-refractivity contribution in [1.82, 2.24) is 0 Å². The molecule has 1 atom stereocenters. The van der Waals surface area contributed by atoms with Gasteiger partial charge in [-0.05, 0) is 25.5 Å². The van der Waals surface area contributed by atoms with Gasteiger partial charge in [0.05, 0.1) is 13.2 Å². The van der Waals surface area contributed by atoms with Crippen molar-refractivity contribution >= 4 is 17.4 Å². The Bertz CT molecular complexity index is 460. The molecule has 0 unspecified atom stereocenters. The fourth-order valence-electron chi connectivity index (χ4n) is 2.67. The first kappa shape index (κ1) is 15.5. The van der Waals surface area contributed by atoms with Crippen LogP contribution in [-0.2, 0) is 0 Å². The molecule has 3 nitrogen and oxygen atoms in total. The Morgan fingerprint density at radius 1 is 1.35 bits per heavy atom. The summed E-state index contributed by atoms with van der Waals surface area (Å²) in [5.74, 6) is 1.89. The molecule has 112 valence electrons. The van der Waals surface area contributed by atoms with Gasteiger partial charge in [-0.3, -0.25) is 0 Å². The number of nitrogens with zero attached hydrogens (tertiary/aromatic N) is 1. The third-order valence-corrected chi connectivity index (χ3v) is 5.23. The van der Waals surface area contributed by atoms with E-state index in [9.17, 15) is 5.11 Å². The van der Waals surface area contributed by atoms with E-state index in [1.54, 1.807) is 14.0 Å². The van der Waals surface area contributed by atoms with Crippen LogP contribution in [0.4, 0.5) is 5.69 Å². The van der Waals surface area contributed by atoms with Gasteiger partial charge in [-0.15, -0.1) is 0 Å². The van der Waals surface area contributed by atoms with E-state index in [-0.39, 0.29) is 0 Å². The van der Waals surface area contributed by atoms with E-state index in [1.807, 2.05) is 23.9 Å². The lowest BCUT2D eigenvalue weighted by Crippen LogP contribution is -2.28. The lowest BCUT2D eigenvalue weighted by atomic mass is 10.0. The summed E-state index contributed by atoms with van der Waals surface area (Å²) in [5.41, 5.74) is 2.01. The van der Waals surface area contributed by atoms with Crippen LogP contribution in [-0.4, -0.2) is 35.8 Å². The molecule has 0 aliphatic carbocycles. The second kappa shape index (κ2) is 6.27. The van der Waals surface area contributed by atoms with Gasteiger partial charge in [0.15, 0.2) is 0 Å². The minimum atomic E-state index is -0.523. The molecule has 1 heterocycles. The summed E-state index contributed by atoms with van der Waals surface area (Å²) >= 11 is 2.03. The SMILES string of the molecule is COc1cccc(N2CCSC(C)(C)CC2)c1[C@H](C)O. The Morgan fingerprint density at radius 2 is 2.10 bits per heavy atom. The number of rotatable bonds is 3. The Balaban J connectivity index is 2.32. The fourth-order valence-corrected chi connectivity index (χ4v) is 3.77. The van der Waals surface area contributed by atoms with Crippen LogP contribution in [0.5, 0.6) is 5.75 Å². The first-order chi connectivity index (χ1) is 9.44. The van der Waals surface area contributed by atoms with Crippen LogP contribution in [0.2, 0.25) is 0 Å². The molecule has 20 heavy (non-hydrogen) atoms. The molecule has 1 fully saturated rings. The standard InChI is InChI=1S/C16H25NO2S/c1-12(18)15-13(6-5-7-14(15)19-4)17-9-8-16(2,3)20-11-10-17/h5-7,12,18H,8-11H2,1-4H3/t12-/m0/s1. The number of ether oxygens (including phenoxy) is 1. The molecule has 1 aliphatic heterocycles. The van der Waals surface area contributed by atoms with Crippen molar-refractivity contribution in [3.63, 3.8) is 0 Å². The third kappa shape index (κ3) is 3.41. The van der Waals surface area contributed by atoms with E-state index in [2.05, 4.69) is 24.8 Å². The van der Waals surface area contributed by atoms with Gasteiger partial charge in [0.2, 0.25) is 0 Å². The lowest BCUT2D eigenvalue weighted by Gasteiger charge is -2.28. The molecule has 0 bridgehead atoms. The van der Waals surface area contributed by atoms with Gasteiger partial charge in [0, 0.05) is 34.8 Å². The Kier molecular flexibility index (Phi) is 4.86. The van der Waals surface area contributed by atoms with E-state index in [1.165, 1.54) is 0 Å². The van der Waals surface area contributed by atoms with E-state index >= 15 is 0 Å². The predicted octanol–water partition coefficient (Wildman–Crippen LogP) is 3.47. The van der Waals surface area contributed by atoms with Crippen LogP contribution >= 0.6 is 11.8 Å². The first-order valence-corrected chi connectivity index (χ1v) is 8.17. The zero-order valence-electron chi connectivity index (χ0n) is 12.8. The molecule has 4 heteroatoms. The molecule has 0 saturated carbocycles. The van der Waals surface area contributed by atoms with E-state index in [0.717, 1.165) is 42.3 Å². The topological polar surface area (TPSA) is 32.7 Å². The number of aliphatic hydroxyl groups excluding tert-OH is 1. The van der Waals surface area contributed by atoms with Crippen molar-refractivity contribution < 1.29 is 9.84 Å². The van der Waals surface area contributed by atoms with Crippen molar-refractivity contribution in [1.29, 1.82) is 0 Å². The molecular weight excluding hydrogens is 270 g/mol. The third-order valence-electron chi connectivity index (χ3n) is 3.86. The summed E-state index contributed by atoms with van der Waals surface area (Å²) in [4.78, 5) is 2.38. The normalized spacial score (nSPS) is 20.4. The average Bonchev–Trinajstić information content (AvgIpc) is 2.58. The van der Waals surface area contributed by atoms with Crippen LogP contribution in [0.1, 0.15) is 38.9 Å². The van der Waals surface area contributed by atoms with Gasteiger partial charge in [-0.2, -0.15) is 11.8 Å². The summed E-state index contributed by atoms with van der Waals surface area (Å²) < 4.78 is 5.75. The number of hydrogen-bond acceptors (Lipinski definition) is 4. The highest BCUT2D eigenvalue weighted by Crippen LogP contribution is 2.37. The highest BCUT2D eigenvalue weighted by atomic mass is 32.2. The van der Waals surface area contributed by atoms with Gasteiger partial charge < -0.3 is 14.7 Å². The van der Waals surface area contributed by atoms with Crippen LogP contribution in [0.3, 0.4) is 0 Å². The van der Waals surface area contributed by atoms with Crippen LogP contribution in [0.15, 0.2) is 18.2 Å². The monoisotopic (exact) mass is 295 g/mol. The number of hydrogen-bond donors (Lipinski definition) is 1. The van der Waals surface area contributed by atoms with Crippen molar-refractivity contribution in [3.8, 4) is 5.75 Å². The Morgan fingerprint density at radius 3 is 2.75 bits per heavy atom. The minimum Gasteiger partial charge on any atom is -0.496 e. The minimum absolute atomic E-state index is 0.332. The summed E-state index contributed by atoms with van der Waals surface area (Å²) in [6.45, 7) is 8.45. The molecule has 0 aromatic heterocycles. The predicted molar refractivity (Wildman–Crippen MR) is 87.0 cm³/mol. The Labute approximate surface area is 126 Å². The van der Waals surface area contributed by atoms with E-state index in [4.69, 9.17) is 4.74 Å². The van der Waals surface area contributed by atoms with Gasteiger partial charge in [-0.1, -0.05) is 19.9 Å². The summed E-state index contributed by atoms with van der Waals surface area (Å²) in [7, 11) is 1.66. The van der Waals surface area contributed by atoms with Gasteiger partial charge in [0.25, 0.3) is 0 Å². The van der Waals surface area contributed by atoms with Gasteiger partial charge >= 0.3 is 0 Å². The molecule has 1 aromatic carbocycles. The van der Waals surface area contributed by atoms with Crippen LogP contribution in [0, 0.1) is 0 Å². The number of thioether (sulfide) groups is 1. The molecular formula is C16H25NO2S. The zero-order chi connectivity index (χ0) is 14.8. The van der Waals surface area contributed by atoms with E-state index < -0.39 is 6.10 Å². The molecule has 0 spiro atoms. The van der Waals surface area contributed by atoms with Gasteiger partial charge in [-0.25, -0.2) is 0 Å².